The molecule has 0 fully saturated rings. The number of carbonyl (C=O) groups is 1. The quantitative estimate of drug-likeness (QED) is 0.592. The Morgan fingerprint density at radius 2 is 2.08 bits per heavy atom. The molecule has 0 atom stereocenters. The van der Waals surface area contributed by atoms with Crippen molar-refractivity contribution in [1.29, 1.82) is 0 Å². The van der Waals surface area contributed by atoms with Crippen LogP contribution in [0.4, 0.5) is 0 Å². The molecule has 0 N–H and O–H groups in total. The highest BCUT2D eigenvalue weighted by Gasteiger charge is 2.49. The Morgan fingerprint density at radius 3 is 2.50 bits per heavy atom. The maximum absolute atomic E-state index is 11.2. The second-order valence-electron chi connectivity index (χ2n) is 2.84. The second-order valence-corrected chi connectivity index (χ2v) is 2.84. The van der Waals surface area contributed by atoms with E-state index in [4.69, 9.17) is 4.74 Å². The summed E-state index contributed by atoms with van der Waals surface area (Å²) in [5, 5.41) is 7.48. The Labute approximate surface area is 72.0 Å². The first-order valence-electron chi connectivity index (χ1n) is 4.36. The van der Waals surface area contributed by atoms with Crippen molar-refractivity contribution in [3.63, 3.8) is 0 Å². The molecule has 0 radical (unpaired) electrons. The van der Waals surface area contributed by atoms with Gasteiger partial charge < -0.3 is 4.74 Å². The summed E-state index contributed by atoms with van der Waals surface area (Å²) in [4.78, 5) is 11.2. The number of hydrogen-bond donors (Lipinski definition) is 0. The van der Waals surface area contributed by atoms with E-state index in [1.165, 1.54) is 0 Å². The monoisotopic (exact) mass is 170 g/mol. The molecule has 1 rings (SSSR count). The van der Waals surface area contributed by atoms with Crippen LogP contribution in [0.5, 0.6) is 0 Å². The van der Waals surface area contributed by atoms with Crippen LogP contribution in [-0.2, 0) is 9.53 Å². The van der Waals surface area contributed by atoms with E-state index in [-0.39, 0.29) is 5.97 Å². The zero-order valence-electron chi connectivity index (χ0n) is 7.54. The molecule has 0 aliphatic carbocycles. The number of rotatable bonds is 5. The summed E-state index contributed by atoms with van der Waals surface area (Å²) in [5.74, 6) is -0.293. The van der Waals surface area contributed by atoms with Crippen molar-refractivity contribution in [2.75, 3.05) is 6.61 Å². The molecule has 1 heterocycles. The highest BCUT2D eigenvalue weighted by Crippen LogP contribution is 2.34. The zero-order chi connectivity index (χ0) is 9.03. The van der Waals surface area contributed by atoms with E-state index < -0.39 is 5.66 Å². The molecule has 0 aromatic heterocycles. The van der Waals surface area contributed by atoms with Gasteiger partial charge in [0.15, 0.2) is 0 Å². The third kappa shape index (κ3) is 1.81. The Bertz CT molecular complexity index is 195. The third-order valence-electron chi connectivity index (χ3n) is 1.82. The van der Waals surface area contributed by atoms with Gasteiger partial charge in [0.25, 0.3) is 5.66 Å². The van der Waals surface area contributed by atoms with Crippen molar-refractivity contribution in [2.24, 2.45) is 10.2 Å². The van der Waals surface area contributed by atoms with Gasteiger partial charge in [-0.25, -0.2) is 4.79 Å². The molecular formula is C8H14N2O2. The van der Waals surface area contributed by atoms with Crippen molar-refractivity contribution >= 4 is 5.97 Å². The summed E-state index contributed by atoms with van der Waals surface area (Å²) in [6.07, 6.45) is 2.71. The minimum absolute atomic E-state index is 0.293. The van der Waals surface area contributed by atoms with Gasteiger partial charge in [-0.05, 0) is 13.3 Å². The standard InChI is InChI=1S/C8H14N2O2/c1-3-5-6-8(9-10-8)7(11)12-4-2/h3-6H2,1-2H3. The van der Waals surface area contributed by atoms with E-state index in [0.717, 1.165) is 12.8 Å². The predicted molar refractivity (Wildman–Crippen MR) is 43.7 cm³/mol. The molecule has 0 aromatic rings. The highest BCUT2D eigenvalue weighted by molar-refractivity contribution is 5.82. The van der Waals surface area contributed by atoms with E-state index >= 15 is 0 Å². The average molecular weight is 170 g/mol. The van der Waals surface area contributed by atoms with Gasteiger partial charge in [-0.15, -0.1) is 10.2 Å². The third-order valence-corrected chi connectivity index (χ3v) is 1.82. The van der Waals surface area contributed by atoms with Crippen molar-refractivity contribution in [3.05, 3.63) is 0 Å². The SMILES string of the molecule is CCCCC1(C(=O)OCC)N=N1. The largest absolute Gasteiger partial charge is 0.463 e. The van der Waals surface area contributed by atoms with E-state index in [0.29, 0.717) is 13.0 Å². The molecule has 4 heteroatoms. The van der Waals surface area contributed by atoms with Crippen molar-refractivity contribution in [3.8, 4) is 0 Å². The minimum atomic E-state index is -0.800. The number of nitrogens with zero attached hydrogens (tertiary/aromatic N) is 2. The van der Waals surface area contributed by atoms with Crippen molar-refractivity contribution in [1.82, 2.24) is 0 Å². The van der Waals surface area contributed by atoms with Crippen LogP contribution in [0.3, 0.4) is 0 Å². The fourth-order valence-electron chi connectivity index (χ4n) is 1.01. The average Bonchev–Trinajstić information content (AvgIpc) is 2.82. The molecule has 4 nitrogen and oxygen atoms in total. The van der Waals surface area contributed by atoms with Crippen LogP contribution in [0.25, 0.3) is 0 Å². The first-order chi connectivity index (χ1) is 5.75. The van der Waals surface area contributed by atoms with Crippen LogP contribution in [-0.4, -0.2) is 18.2 Å². The van der Waals surface area contributed by atoms with E-state index in [1.807, 2.05) is 0 Å². The fraction of sp³-hybridized carbons (Fsp3) is 0.875. The number of hydrogen-bond acceptors (Lipinski definition) is 4. The molecule has 0 amide bonds. The second kappa shape index (κ2) is 3.65. The highest BCUT2D eigenvalue weighted by atomic mass is 16.5. The van der Waals surface area contributed by atoms with Crippen LogP contribution >= 0.6 is 0 Å². The van der Waals surface area contributed by atoms with Gasteiger partial charge in [0.1, 0.15) is 0 Å². The Hall–Kier alpha value is -0.930. The molecule has 1 aliphatic rings. The van der Waals surface area contributed by atoms with Gasteiger partial charge in [-0.3, -0.25) is 0 Å². The zero-order valence-corrected chi connectivity index (χ0v) is 7.54. The molecule has 12 heavy (non-hydrogen) atoms. The Kier molecular flexibility index (Phi) is 2.78. The minimum Gasteiger partial charge on any atom is -0.463 e. The molecule has 0 spiro atoms. The van der Waals surface area contributed by atoms with Gasteiger partial charge in [-0.1, -0.05) is 13.3 Å². The van der Waals surface area contributed by atoms with Gasteiger partial charge in [-0.2, -0.15) is 0 Å². The molecule has 0 saturated heterocycles. The van der Waals surface area contributed by atoms with Crippen LogP contribution in [0.2, 0.25) is 0 Å². The van der Waals surface area contributed by atoms with Crippen LogP contribution in [0, 0.1) is 0 Å². The van der Waals surface area contributed by atoms with E-state index in [1.54, 1.807) is 6.92 Å². The normalized spacial score (nSPS) is 17.5. The molecular weight excluding hydrogens is 156 g/mol. The molecule has 68 valence electrons. The molecule has 0 unspecified atom stereocenters. The lowest BCUT2D eigenvalue weighted by Crippen LogP contribution is -2.26. The molecule has 0 aromatic carbocycles. The Balaban J connectivity index is 2.33. The number of esters is 1. The van der Waals surface area contributed by atoms with Gasteiger partial charge in [0.05, 0.1) is 6.61 Å². The number of carbonyl (C=O) groups excluding carboxylic acids is 1. The molecule has 0 bridgehead atoms. The predicted octanol–water partition coefficient (Wildman–Crippen LogP) is 1.90. The van der Waals surface area contributed by atoms with E-state index in [2.05, 4.69) is 17.2 Å². The number of unbranched alkanes of at least 4 members (excludes halogenated alkanes) is 1. The van der Waals surface area contributed by atoms with Crippen molar-refractivity contribution < 1.29 is 9.53 Å². The van der Waals surface area contributed by atoms with Crippen LogP contribution in [0.1, 0.15) is 33.1 Å². The first kappa shape index (κ1) is 9.16. The maximum Gasteiger partial charge on any atom is 0.360 e. The topological polar surface area (TPSA) is 51.0 Å². The molecule has 0 saturated carbocycles. The Morgan fingerprint density at radius 1 is 1.42 bits per heavy atom. The summed E-state index contributed by atoms with van der Waals surface area (Å²) in [6, 6.07) is 0. The summed E-state index contributed by atoms with van der Waals surface area (Å²) in [7, 11) is 0. The van der Waals surface area contributed by atoms with E-state index in [9.17, 15) is 4.79 Å². The lowest BCUT2D eigenvalue weighted by Gasteiger charge is -2.07. The first-order valence-corrected chi connectivity index (χ1v) is 4.36. The maximum atomic E-state index is 11.2. The lowest BCUT2D eigenvalue weighted by molar-refractivity contribution is -0.146. The summed E-state index contributed by atoms with van der Waals surface area (Å²) >= 11 is 0. The van der Waals surface area contributed by atoms with Crippen LogP contribution in [0.15, 0.2) is 10.2 Å². The summed E-state index contributed by atoms with van der Waals surface area (Å²) in [5.41, 5.74) is -0.800. The smallest absolute Gasteiger partial charge is 0.360 e. The van der Waals surface area contributed by atoms with Gasteiger partial charge >= 0.3 is 5.97 Å². The molecule has 1 aliphatic heterocycles. The van der Waals surface area contributed by atoms with Gasteiger partial charge in [0, 0.05) is 6.42 Å². The fourth-order valence-corrected chi connectivity index (χ4v) is 1.01. The van der Waals surface area contributed by atoms with Gasteiger partial charge in [0.2, 0.25) is 0 Å². The number of ether oxygens (including phenoxy) is 1. The summed E-state index contributed by atoms with van der Waals surface area (Å²) in [6.45, 7) is 4.26. The van der Waals surface area contributed by atoms with Crippen LogP contribution < -0.4 is 0 Å². The summed E-state index contributed by atoms with van der Waals surface area (Å²) < 4.78 is 4.84. The van der Waals surface area contributed by atoms with Crippen molar-refractivity contribution in [2.45, 2.75) is 38.8 Å². The lowest BCUT2D eigenvalue weighted by atomic mass is 10.1.